The predicted octanol–water partition coefficient (Wildman–Crippen LogP) is 3.10. The van der Waals surface area contributed by atoms with E-state index < -0.39 is 0 Å². The van der Waals surface area contributed by atoms with Gasteiger partial charge in [-0.1, -0.05) is 6.07 Å². The first-order valence-corrected chi connectivity index (χ1v) is 6.27. The molecular weight excluding hydrogens is 240 g/mol. The van der Waals surface area contributed by atoms with Crippen LogP contribution in [0.4, 0.5) is 5.69 Å². The van der Waals surface area contributed by atoms with Crippen molar-refractivity contribution in [2.75, 3.05) is 19.0 Å². The molecule has 1 heterocycles. The lowest BCUT2D eigenvalue weighted by Crippen LogP contribution is -2.01. The molecule has 0 unspecified atom stereocenters. The van der Waals surface area contributed by atoms with E-state index >= 15 is 0 Å². The molecule has 4 heteroatoms. The third-order valence-electron chi connectivity index (χ3n) is 2.63. The number of ether oxygens (including phenoxy) is 2. The average molecular weight is 258 g/mol. The molecule has 1 aromatic heterocycles. The Balaban J connectivity index is 1.99. The van der Waals surface area contributed by atoms with E-state index in [1.807, 2.05) is 36.4 Å². The molecule has 0 fully saturated rings. The lowest BCUT2D eigenvalue weighted by molar-refractivity contribution is 0.299. The first-order chi connectivity index (χ1) is 9.31. The Hall–Kier alpha value is -2.23. The van der Waals surface area contributed by atoms with E-state index in [0.29, 0.717) is 6.61 Å². The maximum Gasteiger partial charge on any atom is 0.130 e. The van der Waals surface area contributed by atoms with Gasteiger partial charge in [0.1, 0.15) is 18.1 Å². The number of nitrogens with one attached hydrogen (secondary N) is 1. The molecule has 0 aliphatic heterocycles. The molecule has 0 bridgehead atoms. The number of methoxy groups -OCH3 is 1. The van der Waals surface area contributed by atoms with E-state index in [2.05, 4.69) is 17.2 Å². The monoisotopic (exact) mass is 258 g/mol. The van der Waals surface area contributed by atoms with Gasteiger partial charge in [0.15, 0.2) is 0 Å². The van der Waals surface area contributed by atoms with E-state index in [9.17, 15) is 0 Å². The molecule has 19 heavy (non-hydrogen) atoms. The number of anilines is 1. The number of aromatic nitrogens is 1. The molecular formula is C15H18N2O2. The van der Waals surface area contributed by atoms with Gasteiger partial charge >= 0.3 is 0 Å². The number of nitrogens with zero attached hydrogens (tertiary/aromatic N) is 1. The van der Waals surface area contributed by atoms with Gasteiger partial charge in [-0.2, -0.15) is 0 Å². The van der Waals surface area contributed by atoms with Crippen LogP contribution in [0.15, 0.2) is 42.6 Å². The maximum atomic E-state index is 5.70. The Labute approximate surface area is 113 Å². The zero-order valence-corrected chi connectivity index (χ0v) is 11.2. The third-order valence-corrected chi connectivity index (χ3v) is 2.63. The molecule has 1 N–H and O–H groups in total. The van der Waals surface area contributed by atoms with Gasteiger partial charge in [0, 0.05) is 24.5 Å². The molecule has 4 nitrogen and oxygen atoms in total. The van der Waals surface area contributed by atoms with Crippen LogP contribution in [0, 0.1) is 0 Å². The van der Waals surface area contributed by atoms with Crippen molar-refractivity contribution in [3.8, 4) is 11.5 Å². The second-order valence-electron chi connectivity index (χ2n) is 4.03. The van der Waals surface area contributed by atoms with Crippen molar-refractivity contribution in [2.45, 2.75) is 13.5 Å². The Morgan fingerprint density at radius 2 is 2.00 bits per heavy atom. The number of rotatable bonds is 6. The van der Waals surface area contributed by atoms with E-state index in [0.717, 1.165) is 29.4 Å². The van der Waals surface area contributed by atoms with Gasteiger partial charge in [0.2, 0.25) is 0 Å². The second-order valence-corrected chi connectivity index (χ2v) is 4.03. The van der Waals surface area contributed by atoms with Crippen molar-refractivity contribution >= 4 is 5.69 Å². The minimum atomic E-state index is 0.437. The standard InChI is InChI=1S/C15H18N2O2/c1-3-16-12-7-8-17-13(9-12)11-19-15-6-4-5-14(10-15)18-2/h4-10H,3,11H2,1-2H3,(H,16,17). The summed E-state index contributed by atoms with van der Waals surface area (Å²) in [5.74, 6) is 1.56. The smallest absolute Gasteiger partial charge is 0.130 e. The summed E-state index contributed by atoms with van der Waals surface area (Å²) in [4.78, 5) is 4.28. The highest BCUT2D eigenvalue weighted by molar-refractivity contribution is 5.43. The molecule has 0 saturated carbocycles. The topological polar surface area (TPSA) is 43.4 Å². The highest BCUT2D eigenvalue weighted by Crippen LogP contribution is 2.20. The van der Waals surface area contributed by atoms with Crippen LogP contribution in [-0.4, -0.2) is 18.6 Å². The van der Waals surface area contributed by atoms with Crippen molar-refractivity contribution in [2.24, 2.45) is 0 Å². The van der Waals surface area contributed by atoms with Gasteiger partial charge < -0.3 is 14.8 Å². The number of pyridine rings is 1. The normalized spacial score (nSPS) is 10.0. The summed E-state index contributed by atoms with van der Waals surface area (Å²) in [6.07, 6.45) is 1.78. The fraction of sp³-hybridized carbons (Fsp3) is 0.267. The van der Waals surface area contributed by atoms with Crippen molar-refractivity contribution < 1.29 is 9.47 Å². The first-order valence-electron chi connectivity index (χ1n) is 6.27. The fourth-order valence-corrected chi connectivity index (χ4v) is 1.72. The molecule has 2 aromatic rings. The molecule has 0 saturated heterocycles. The molecule has 2 rings (SSSR count). The second kappa shape index (κ2) is 6.64. The molecule has 100 valence electrons. The average Bonchev–Trinajstić information content (AvgIpc) is 2.46. The predicted molar refractivity (Wildman–Crippen MR) is 75.7 cm³/mol. The van der Waals surface area contributed by atoms with Gasteiger partial charge in [0.05, 0.1) is 12.8 Å². The molecule has 0 aliphatic carbocycles. The van der Waals surface area contributed by atoms with E-state index in [4.69, 9.17) is 9.47 Å². The van der Waals surface area contributed by atoms with Crippen LogP contribution >= 0.6 is 0 Å². The number of benzene rings is 1. The summed E-state index contributed by atoms with van der Waals surface area (Å²) in [6.45, 7) is 3.39. The molecule has 1 aromatic carbocycles. The van der Waals surface area contributed by atoms with Gasteiger partial charge in [-0.05, 0) is 31.2 Å². The lowest BCUT2D eigenvalue weighted by atomic mass is 10.3. The van der Waals surface area contributed by atoms with Crippen molar-refractivity contribution in [1.29, 1.82) is 0 Å². The highest BCUT2D eigenvalue weighted by Gasteiger charge is 2.00. The quantitative estimate of drug-likeness (QED) is 0.864. The van der Waals surface area contributed by atoms with Crippen LogP contribution in [0.2, 0.25) is 0 Å². The summed E-state index contributed by atoms with van der Waals surface area (Å²) in [5, 5.41) is 3.25. The zero-order chi connectivity index (χ0) is 13.5. The minimum Gasteiger partial charge on any atom is -0.497 e. The largest absolute Gasteiger partial charge is 0.497 e. The van der Waals surface area contributed by atoms with Gasteiger partial charge in [-0.25, -0.2) is 0 Å². The summed E-state index contributed by atoms with van der Waals surface area (Å²) in [6, 6.07) is 11.5. The Kier molecular flexibility index (Phi) is 4.61. The number of hydrogen-bond donors (Lipinski definition) is 1. The van der Waals surface area contributed by atoms with Crippen LogP contribution < -0.4 is 14.8 Å². The SMILES string of the molecule is CCNc1ccnc(COc2cccc(OC)c2)c1. The molecule has 0 radical (unpaired) electrons. The van der Waals surface area contributed by atoms with Crippen molar-refractivity contribution in [1.82, 2.24) is 4.98 Å². The molecule has 0 aliphatic rings. The molecule has 0 amide bonds. The third kappa shape index (κ3) is 3.88. The van der Waals surface area contributed by atoms with Crippen LogP contribution in [0.1, 0.15) is 12.6 Å². The Morgan fingerprint density at radius 1 is 1.16 bits per heavy atom. The summed E-state index contributed by atoms with van der Waals surface area (Å²) in [5.41, 5.74) is 1.95. The van der Waals surface area contributed by atoms with Crippen LogP contribution in [0.3, 0.4) is 0 Å². The summed E-state index contributed by atoms with van der Waals surface area (Å²) >= 11 is 0. The van der Waals surface area contributed by atoms with Crippen molar-refractivity contribution in [3.63, 3.8) is 0 Å². The minimum absolute atomic E-state index is 0.437. The Morgan fingerprint density at radius 3 is 2.79 bits per heavy atom. The maximum absolute atomic E-state index is 5.70. The first kappa shape index (κ1) is 13.2. The van der Waals surface area contributed by atoms with E-state index in [1.54, 1.807) is 13.3 Å². The fourth-order valence-electron chi connectivity index (χ4n) is 1.72. The van der Waals surface area contributed by atoms with Crippen LogP contribution in [-0.2, 0) is 6.61 Å². The van der Waals surface area contributed by atoms with Crippen LogP contribution in [0.5, 0.6) is 11.5 Å². The molecule has 0 atom stereocenters. The molecule has 0 spiro atoms. The highest BCUT2D eigenvalue weighted by atomic mass is 16.5. The Bertz CT molecular complexity index is 529. The van der Waals surface area contributed by atoms with Crippen molar-refractivity contribution in [3.05, 3.63) is 48.3 Å². The number of hydrogen-bond acceptors (Lipinski definition) is 4. The zero-order valence-electron chi connectivity index (χ0n) is 11.2. The van der Waals surface area contributed by atoms with Crippen LogP contribution in [0.25, 0.3) is 0 Å². The van der Waals surface area contributed by atoms with Gasteiger partial charge in [0.25, 0.3) is 0 Å². The summed E-state index contributed by atoms with van der Waals surface area (Å²) < 4.78 is 10.8. The van der Waals surface area contributed by atoms with Gasteiger partial charge in [-0.3, -0.25) is 4.98 Å². The van der Waals surface area contributed by atoms with E-state index in [1.165, 1.54) is 0 Å². The van der Waals surface area contributed by atoms with E-state index in [-0.39, 0.29) is 0 Å². The lowest BCUT2D eigenvalue weighted by Gasteiger charge is -2.08. The summed E-state index contributed by atoms with van der Waals surface area (Å²) in [7, 11) is 1.64. The van der Waals surface area contributed by atoms with Gasteiger partial charge in [-0.15, -0.1) is 0 Å².